The second kappa shape index (κ2) is 7.82. The molecule has 0 saturated carbocycles. The average Bonchev–Trinajstić information content (AvgIpc) is 3.02. The summed E-state index contributed by atoms with van der Waals surface area (Å²) in [6, 6.07) is 16.3. The molecule has 0 aromatic heterocycles. The summed E-state index contributed by atoms with van der Waals surface area (Å²) in [5.41, 5.74) is 10.3. The molecule has 1 aliphatic heterocycles. The highest BCUT2D eigenvalue weighted by Crippen LogP contribution is 2.33. The lowest BCUT2D eigenvalue weighted by Crippen LogP contribution is -2.30. The van der Waals surface area contributed by atoms with Crippen LogP contribution < -0.4 is 5.73 Å². The van der Waals surface area contributed by atoms with E-state index in [9.17, 15) is 4.79 Å². The Morgan fingerprint density at radius 3 is 2.46 bits per heavy atom. The van der Waals surface area contributed by atoms with Gasteiger partial charge < -0.3 is 10.6 Å². The molecule has 3 nitrogen and oxygen atoms in total. The molecule has 1 saturated heterocycles. The maximum atomic E-state index is 12.9. The molecular weight excluding hydrogens is 320 g/mol. The van der Waals surface area contributed by atoms with Crippen molar-refractivity contribution in [2.24, 2.45) is 11.7 Å². The Labute approximate surface area is 150 Å². The molecule has 2 atom stereocenters. The number of nitrogens with two attached hydrogens (primary N) is 1. The molecule has 1 aliphatic rings. The Hall–Kier alpha value is -1.84. The number of likely N-dealkylation sites (tertiary alicyclic amines) is 1. The first-order valence-electron chi connectivity index (χ1n) is 8.22. The van der Waals surface area contributed by atoms with Gasteiger partial charge in [0.15, 0.2) is 0 Å². The van der Waals surface area contributed by atoms with Gasteiger partial charge in [0.1, 0.15) is 0 Å². The number of amides is 1. The molecule has 4 heteroatoms. The van der Waals surface area contributed by atoms with Gasteiger partial charge in [-0.2, -0.15) is 0 Å². The summed E-state index contributed by atoms with van der Waals surface area (Å²) in [5, 5.41) is 0. The molecule has 24 heavy (non-hydrogen) atoms. The molecule has 0 spiro atoms. The summed E-state index contributed by atoms with van der Waals surface area (Å²) < 4.78 is 0. The van der Waals surface area contributed by atoms with Crippen molar-refractivity contribution in [3.63, 3.8) is 0 Å². The number of carbonyl (C=O) groups is 1. The van der Waals surface area contributed by atoms with Crippen molar-refractivity contribution in [3.8, 4) is 0 Å². The molecule has 128 valence electrons. The number of hydrogen-bond donors (Lipinski definition) is 1. The van der Waals surface area contributed by atoms with Crippen LogP contribution in [0, 0.1) is 19.8 Å². The molecule has 2 aromatic carbocycles. The Kier molecular flexibility index (Phi) is 6.03. The van der Waals surface area contributed by atoms with Crippen molar-refractivity contribution in [3.05, 3.63) is 70.8 Å². The van der Waals surface area contributed by atoms with Gasteiger partial charge in [-0.15, -0.1) is 12.4 Å². The van der Waals surface area contributed by atoms with Gasteiger partial charge in [-0.25, -0.2) is 0 Å². The van der Waals surface area contributed by atoms with E-state index in [1.54, 1.807) is 0 Å². The van der Waals surface area contributed by atoms with Crippen molar-refractivity contribution < 1.29 is 4.79 Å². The normalized spacial score (nSPS) is 19.9. The Bertz CT molecular complexity index is 702. The van der Waals surface area contributed by atoms with E-state index in [1.165, 1.54) is 5.56 Å². The zero-order valence-corrected chi connectivity index (χ0v) is 15.1. The van der Waals surface area contributed by atoms with E-state index in [0.717, 1.165) is 29.8 Å². The van der Waals surface area contributed by atoms with Crippen molar-refractivity contribution in [1.82, 2.24) is 4.90 Å². The van der Waals surface area contributed by atoms with E-state index in [-0.39, 0.29) is 18.3 Å². The molecule has 0 bridgehead atoms. The molecule has 3 rings (SSSR count). The van der Waals surface area contributed by atoms with Crippen LogP contribution in [0.5, 0.6) is 0 Å². The van der Waals surface area contributed by atoms with E-state index in [0.29, 0.717) is 18.4 Å². The molecule has 0 unspecified atom stereocenters. The van der Waals surface area contributed by atoms with Gasteiger partial charge in [-0.05, 0) is 49.1 Å². The highest BCUT2D eigenvalue weighted by atomic mass is 35.5. The minimum atomic E-state index is 0. The fourth-order valence-corrected chi connectivity index (χ4v) is 3.51. The molecule has 2 N–H and O–H groups in total. The van der Waals surface area contributed by atoms with Gasteiger partial charge in [0.25, 0.3) is 5.91 Å². The number of hydrogen-bond acceptors (Lipinski definition) is 2. The lowest BCUT2D eigenvalue weighted by atomic mass is 9.89. The molecule has 1 heterocycles. The largest absolute Gasteiger partial charge is 0.338 e. The molecule has 1 fully saturated rings. The molecule has 2 aromatic rings. The molecule has 0 aliphatic carbocycles. The van der Waals surface area contributed by atoms with Crippen LogP contribution in [0.3, 0.4) is 0 Å². The Morgan fingerprint density at radius 1 is 1.08 bits per heavy atom. The third-order valence-corrected chi connectivity index (χ3v) is 5.09. The topological polar surface area (TPSA) is 46.3 Å². The van der Waals surface area contributed by atoms with Crippen molar-refractivity contribution in [1.29, 1.82) is 0 Å². The molecular formula is C20H25ClN2O. The molecule has 1 amide bonds. The van der Waals surface area contributed by atoms with Gasteiger partial charge in [0.2, 0.25) is 0 Å². The van der Waals surface area contributed by atoms with Gasteiger partial charge in [0, 0.05) is 24.6 Å². The van der Waals surface area contributed by atoms with Crippen LogP contribution in [-0.2, 0) is 0 Å². The van der Waals surface area contributed by atoms with Crippen LogP contribution in [0.2, 0.25) is 0 Å². The molecule has 0 radical (unpaired) electrons. The maximum absolute atomic E-state index is 12.9. The quantitative estimate of drug-likeness (QED) is 0.925. The number of rotatable bonds is 3. The third kappa shape index (κ3) is 3.47. The van der Waals surface area contributed by atoms with Crippen molar-refractivity contribution >= 4 is 18.3 Å². The van der Waals surface area contributed by atoms with E-state index in [2.05, 4.69) is 24.3 Å². The summed E-state index contributed by atoms with van der Waals surface area (Å²) in [5.74, 6) is 0.782. The van der Waals surface area contributed by atoms with Crippen LogP contribution in [0.1, 0.15) is 33.0 Å². The van der Waals surface area contributed by atoms with E-state index < -0.39 is 0 Å². The minimum absolute atomic E-state index is 0. The van der Waals surface area contributed by atoms with Crippen LogP contribution >= 0.6 is 12.4 Å². The lowest BCUT2D eigenvalue weighted by molar-refractivity contribution is 0.0785. The van der Waals surface area contributed by atoms with Crippen molar-refractivity contribution in [2.75, 3.05) is 19.6 Å². The van der Waals surface area contributed by atoms with Gasteiger partial charge in [-0.1, -0.05) is 42.5 Å². The van der Waals surface area contributed by atoms with Gasteiger partial charge >= 0.3 is 0 Å². The fourth-order valence-electron chi connectivity index (χ4n) is 3.51. The van der Waals surface area contributed by atoms with E-state index in [4.69, 9.17) is 5.73 Å². The number of benzene rings is 2. The summed E-state index contributed by atoms with van der Waals surface area (Å²) in [4.78, 5) is 14.9. The zero-order chi connectivity index (χ0) is 16.4. The third-order valence-electron chi connectivity index (χ3n) is 5.09. The zero-order valence-electron chi connectivity index (χ0n) is 14.2. The van der Waals surface area contributed by atoms with E-state index in [1.807, 2.05) is 43.0 Å². The minimum Gasteiger partial charge on any atom is -0.338 e. The highest BCUT2D eigenvalue weighted by Gasteiger charge is 2.35. The first-order valence-corrected chi connectivity index (χ1v) is 8.22. The number of aryl methyl sites for hydroxylation is 1. The standard InChI is InChI=1S/C20H24N2O.ClH/c1-14-7-6-10-18(15(14)2)20(23)22-12-17(11-21)19(13-22)16-8-4-3-5-9-16;/h3-10,17,19H,11-13,21H2,1-2H3;1H/t17-,19+;/m1./s1. The second-order valence-corrected chi connectivity index (χ2v) is 6.47. The predicted octanol–water partition coefficient (Wildman–Crippen LogP) is 3.54. The predicted molar refractivity (Wildman–Crippen MR) is 101 cm³/mol. The summed E-state index contributed by atoms with van der Waals surface area (Å²) in [6.45, 7) is 6.16. The summed E-state index contributed by atoms with van der Waals surface area (Å²) in [6.07, 6.45) is 0. The van der Waals surface area contributed by atoms with Crippen LogP contribution in [-0.4, -0.2) is 30.4 Å². The summed E-state index contributed by atoms with van der Waals surface area (Å²) in [7, 11) is 0. The van der Waals surface area contributed by atoms with Crippen molar-refractivity contribution in [2.45, 2.75) is 19.8 Å². The van der Waals surface area contributed by atoms with Crippen LogP contribution in [0.25, 0.3) is 0 Å². The Morgan fingerprint density at radius 2 is 1.79 bits per heavy atom. The second-order valence-electron chi connectivity index (χ2n) is 6.47. The first kappa shape index (κ1) is 18.5. The van der Waals surface area contributed by atoms with Crippen LogP contribution in [0.4, 0.5) is 0 Å². The van der Waals surface area contributed by atoms with Gasteiger partial charge in [0.05, 0.1) is 0 Å². The van der Waals surface area contributed by atoms with Gasteiger partial charge in [-0.3, -0.25) is 4.79 Å². The maximum Gasteiger partial charge on any atom is 0.254 e. The van der Waals surface area contributed by atoms with E-state index >= 15 is 0 Å². The first-order chi connectivity index (χ1) is 11.1. The Balaban J connectivity index is 0.00000208. The number of nitrogens with zero attached hydrogens (tertiary/aromatic N) is 1. The number of halogens is 1. The monoisotopic (exact) mass is 344 g/mol. The highest BCUT2D eigenvalue weighted by molar-refractivity contribution is 5.96. The van der Waals surface area contributed by atoms with Crippen LogP contribution in [0.15, 0.2) is 48.5 Å². The SMILES string of the molecule is Cc1cccc(C(=O)N2C[C@@H](CN)[C@H](c3ccccc3)C2)c1C.Cl. The summed E-state index contributed by atoms with van der Waals surface area (Å²) >= 11 is 0. The smallest absolute Gasteiger partial charge is 0.254 e. The lowest BCUT2D eigenvalue weighted by Gasteiger charge is -2.18. The fraction of sp³-hybridized carbons (Fsp3) is 0.350. The average molecular weight is 345 g/mol. The number of carbonyl (C=O) groups excluding carboxylic acids is 1.